The Kier molecular flexibility index (Phi) is 26.8. The highest BCUT2D eigenvalue weighted by Crippen LogP contribution is 2.51. The topological polar surface area (TPSA) is 355 Å². The Morgan fingerprint density at radius 3 is 2.38 bits per heavy atom. The summed E-state index contributed by atoms with van der Waals surface area (Å²) in [4.78, 5) is 127. The number of nitrogens with zero attached hydrogens (tertiary/aromatic N) is 6. The molecule has 3 fully saturated rings. The molecule has 29 heteroatoms. The average Bonchev–Trinajstić information content (AvgIpc) is 1.65. The molecule has 4 atom stereocenters. The predicted octanol–water partition coefficient (Wildman–Crippen LogP) is 7.90. The molecule has 27 nitrogen and oxygen atoms in total. The largest absolute Gasteiger partial charge is 0.510 e. The number of phenolic OH excluding ortho intramolecular Hbond substituents is 1. The van der Waals surface area contributed by atoms with Gasteiger partial charge in [0.1, 0.15) is 48.0 Å². The molecule has 3 aliphatic heterocycles. The zero-order chi connectivity index (χ0) is 71.8. The molecule has 0 radical (unpaired) electrons. The van der Waals surface area contributed by atoms with Crippen molar-refractivity contribution in [3.8, 4) is 17.1 Å². The number of nitrogens with two attached hydrogens (primary N) is 1. The fourth-order valence-corrected chi connectivity index (χ4v) is 16.8. The molecule has 5 aromatic rings. The van der Waals surface area contributed by atoms with Crippen molar-refractivity contribution in [1.82, 2.24) is 45.4 Å². The van der Waals surface area contributed by atoms with Crippen LogP contribution in [0.25, 0.3) is 22.3 Å². The fourth-order valence-electron chi connectivity index (χ4n) is 14.6. The summed E-state index contributed by atoms with van der Waals surface area (Å²) in [6.45, 7) is 9.67. The molecule has 546 valence electrons. The van der Waals surface area contributed by atoms with Crippen LogP contribution in [0, 0.1) is 17.8 Å². The number of unbranched alkanes of at least 4 members (excludes halogenated alkanes) is 1. The van der Waals surface area contributed by atoms with Gasteiger partial charge in [-0.1, -0.05) is 57.9 Å². The number of pyridine rings is 2. The van der Waals surface area contributed by atoms with E-state index in [-0.39, 0.29) is 113 Å². The molecule has 2 aliphatic carbocycles. The molecule has 2 aromatic carbocycles. The number of aromatic hydroxyl groups is 1. The SMILES string of the molecule is CCc1c2c(nc3ccc(O)cc13)-c1cc3c(c(=O)n1C2)COC(=O)C3(CC)OC(=O)OCc1ccc(NC(=O)[C@H](CCCCN)NC(=O)COCC(=O)NCC(I)OCCCOCCn2cc(CNC(=O)C3CCC(CN4C(=O)CC(SC(CC)(CC)C5CCCC5)C4=O)CC3)nn2)cc1. The van der Waals surface area contributed by atoms with Crippen molar-refractivity contribution < 1.29 is 71.9 Å². The second-order valence-corrected chi connectivity index (χ2v) is 29.6. The van der Waals surface area contributed by atoms with Gasteiger partial charge in [-0.25, -0.2) is 19.3 Å². The summed E-state index contributed by atoms with van der Waals surface area (Å²) in [7, 11) is 0. The monoisotopic (exact) mass is 1530 g/mol. The standard InChI is InChI=1S/C72H94IN11O16S/c1-5-51-52-32-50(85)25-26-56(52)79-64-53(51)39-83-58(64)33-55-54(67(83)91)41-98-69(93)72(55,8-4)100-70(94)99-40-45-19-23-48(24-20-45)77-66(90)57(16-11-12-27-74)78-62(87)43-96-42-61(86)75-36-60(73)97-30-13-29-95-31-28-82-38-49(80-81-82)35-76-65(89)46-21-17-44(18-22-46)37-84-63(88)34-59(68(84)92)101-71(6-2,7-3)47-14-9-10-15-47/h19-20,23-26,32-33,38,44,46-47,57,59-60,85H,5-18,21-22,27-31,34-37,39-43,74H2,1-4H3,(H,75,86)(H,76,89)(H,77,90)(H,78,87)/t44?,46?,57-,59?,60?,72?/m0/s1. The summed E-state index contributed by atoms with van der Waals surface area (Å²) >= 11 is 3.84. The maximum Gasteiger partial charge on any atom is 0.510 e. The minimum atomic E-state index is -2.01. The van der Waals surface area contributed by atoms with Crippen LogP contribution < -0.4 is 32.6 Å². The number of likely N-dealkylation sites (tertiary alicyclic amines) is 1. The minimum absolute atomic E-state index is 0.0280. The third-order valence-electron chi connectivity index (χ3n) is 20.2. The van der Waals surface area contributed by atoms with Crippen molar-refractivity contribution in [2.45, 2.75) is 195 Å². The smallest absolute Gasteiger partial charge is 0.508 e. The number of esters is 1. The first kappa shape index (κ1) is 76.1. The summed E-state index contributed by atoms with van der Waals surface area (Å²) in [5.74, 6) is -1.81. The summed E-state index contributed by atoms with van der Waals surface area (Å²) in [6, 6.07) is 12.0. The van der Waals surface area contributed by atoms with E-state index in [2.05, 4.69) is 68.0 Å². The Balaban J connectivity index is 0.572. The van der Waals surface area contributed by atoms with Gasteiger partial charge >= 0.3 is 12.1 Å². The number of cyclic esters (lactones) is 1. The number of nitrogens with one attached hydrogen (secondary N) is 4. The van der Waals surface area contributed by atoms with E-state index in [4.69, 9.17) is 39.1 Å². The molecule has 6 amide bonds. The fraction of sp³-hybridized carbons (Fsp3) is 0.583. The number of ether oxygens (including phenoxy) is 6. The Morgan fingerprint density at radius 1 is 0.881 bits per heavy atom. The third kappa shape index (κ3) is 18.6. The number of halogens is 1. The van der Waals surface area contributed by atoms with Crippen molar-refractivity contribution in [3.05, 3.63) is 98.6 Å². The van der Waals surface area contributed by atoms with Gasteiger partial charge in [0.25, 0.3) is 5.56 Å². The number of aryl methyl sites for hydroxylation is 1. The number of carbonyl (C=O) groups is 8. The Labute approximate surface area is 605 Å². The maximum atomic E-state index is 14.1. The van der Waals surface area contributed by atoms with Crippen LogP contribution in [0.1, 0.15) is 164 Å². The van der Waals surface area contributed by atoms with Gasteiger partial charge in [0.05, 0.1) is 73.3 Å². The highest BCUT2D eigenvalue weighted by Gasteiger charge is 2.52. The van der Waals surface area contributed by atoms with Crippen LogP contribution in [-0.2, 0) is 107 Å². The van der Waals surface area contributed by atoms with Crippen LogP contribution in [0.15, 0.2) is 59.5 Å². The zero-order valence-corrected chi connectivity index (χ0v) is 61.0. The summed E-state index contributed by atoms with van der Waals surface area (Å²) in [6.07, 6.45) is 13.3. The van der Waals surface area contributed by atoms with Gasteiger partial charge in [-0.05, 0) is 178 Å². The van der Waals surface area contributed by atoms with Crippen molar-refractivity contribution >= 4 is 98.5 Å². The van der Waals surface area contributed by atoms with Gasteiger partial charge in [-0.2, -0.15) is 0 Å². The first-order valence-corrected chi connectivity index (χ1v) is 37.6. The van der Waals surface area contributed by atoms with Gasteiger partial charge in [-0.3, -0.25) is 38.5 Å². The lowest BCUT2D eigenvalue weighted by Crippen LogP contribution is -2.47. The third-order valence-corrected chi connectivity index (χ3v) is 23.1. The summed E-state index contributed by atoms with van der Waals surface area (Å²) in [5.41, 5.74) is 8.54. The lowest BCUT2D eigenvalue weighted by Gasteiger charge is -2.39. The number of thioether (sulfide) groups is 1. The second kappa shape index (κ2) is 35.5. The molecule has 0 spiro atoms. The average molecular weight is 1530 g/mol. The summed E-state index contributed by atoms with van der Waals surface area (Å²) < 4.78 is 36.7. The molecule has 1 saturated heterocycles. The Morgan fingerprint density at radius 2 is 1.64 bits per heavy atom. The number of amides is 6. The van der Waals surface area contributed by atoms with E-state index in [1.54, 1.807) is 82.7 Å². The maximum absolute atomic E-state index is 14.1. The molecule has 10 rings (SSSR count). The van der Waals surface area contributed by atoms with E-state index in [0.717, 1.165) is 42.2 Å². The summed E-state index contributed by atoms with van der Waals surface area (Å²) in [5, 5.41) is 30.3. The van der Waals surface area contributed by atoms with Crippen LogP contribution in [0.2, 0.25) is 0 Å². The second-order valence-electron chi connectivity index (χ2n) is 26.6. The number of hydrogen-bond donors (Lipinski definition) is 6. The van der Waals surface area contributed by atoms with Crippen LogP contribution in [0.3, 0.4) is 0 Å². The quantitative estimate of drug-likeness (QED) is 0.00715. The number of hydrogen-bond acceptors (Lipinski definition) is 21. The van der Waals surface area contributed by atoms with Gasteiger partial charge in [-0.15, -0.1) is 16.9 Å². The van der Waals surface area contributed by atoms with Crippen molar-refractivity contribution in [2.24, 2.45) is 23.5 Å². The van der Waals surface area contributed by atoms with Crippen LogP contribution in [0.5, 0.6) is 5.75 Å². The first-order chi connectivity index (χ1) is 48.8. The molecule has 3 unspecified atom stereocenters. The normalized spacial score (nSPS) is 19.5. The van der Waals surface area contributed by atoms with E-state index < -0.39 is 60.3 Å². The number of phenols is 1. The number of aromatic nitrogens is 5. The van der Waals surface area contributed by atoms with E-state index >= 15 is 0 Å². The van der Waals surface area contributed by atoms with Crippen molar-refractivity contribution in [2.75, 3.05) is 58.0 Å². The molecule has 3 aromatic heterocycles. The molecule has 2 saturated carbocycles. The van der Waals surface area contributed by atoms with E-state index in [9.17, 15) is 48.3 Å². The molecular weight excluding hydrogens is 1430 g/mol. The highest BCUT2D eigenvalue weighted by atomic mass is 127. The minimum Gasteiger partial charge on any atom is -0.508 e. The zero-order valence-electron chi connectivity index (χ0n) is 58.0. The molecule has 5 aliphatic rings. The van der Waals surface area contributed by atoms with Crippen LogP contribution >= 0.6 is 34.4 Å². The van der Waals surface area contributed by atoms with Crippen LogP contribution in [0.4, 0.5) is 10.5 Å². The first-order valence-electron chi connectivity index (χ1n) is 35.5. The van der Waals surface area contributed by atoms with Gasteiger partial charge in [0, 0.05) is 52.4 Å². The Bertz CT molecular complexity index is 3850. The van der Waals surface area contributed by atoms with E-state index in [1.807, 2.05) is 6.92 Å². The van der Waals surface area contributed by atoms with Gasteiger partial charge in [0.15, 0.2) is 0 Å². The number of alkyl halides is 1. The van der Waals surface area contributed by atoms with Crippen molar-refractivity contribution in [1.29, 1.82) is 0 Å². The Hall–Kier alpha value is -7.58. The lowest BCUT2D eigenvalue weighted by atomic mass is 9.81. The molecule has 6 heterocycles. The number of anilines is 1. The van der Waals surface area contributed by atoms with E-state index in [1.165, 1.54) is 30.6 Å². The molecule has 101 heavy (non-hydrogen) atoms. The number of fused-ring (bicyclic) bond motifs is 5. The number of imide groups is 1. The predicted molar refractivity (Wildman–Crippen MR) is 383 cm³/mol. The molecule has 7 N–H and O–H groups in total. The van der Waals surface area contributed by atoms with Crippen LogP contribution in [-0.4, -0.2) is 155 Å². The molecular formula is C72H94IN11O16S. The number of benzene rings is 2. The number of carbonyl (C=O) groups excluding carboxylic acids is 8. The lowest BCUT2D eigenvalue weighted by molar-refractivity contribution is -0.175. The van der Waals surface area contributed by atoms with Crippen molar-refractivity contribution in [3.63, 3.8) is 0 Å². The number of rotatable bonds is 36. The van der Waals surface area contributed by atoms with Gasteiger partial charge in [0.2, 0.25) is 41.0 Å². The van der Waals surface area contributed by atoms with Gasteiger partial charge < -0.3 is 65.1 Å². The highest BCUT2D eigenvalue weighted by molar-refractivity contribution is 14.1. The molecule has 0 bridgehead atoms. The van der Waals surface area contributed by atoms with E-state index in [0.29, 0.717) is 118 Å².